The van der Waals surface area contributed by atoms with Gasteiger partial charge in [0.15, 0.2) is 0 Å². The molecule has 0 aliphatic carbocycles. The summed E-state index contributed by atoms with van der Waals surface area (Å²) in [5.41, 5.74) is 1.03. The molecule has 0 aliphatic heterocycles. The Morgan fingerprint density at radius 2 is 1.56 bits per heavy atom. The van der Waals surface area contributed by atoms with Gasteiger partial charge in [0.05, 0.1) is 17.5 Å². The number of alkyl halides is 3. The van der Waals surface area contributed by atoms with Gasteiger partial charge in [-0.05, 0) is 36.2 Å². The second kappa shape index (κ2) is 12.3. The van der Waals surface area contributed by atoms with Gasteiger partial charge in [0, 0.05) is 20.0 Å². The number of hydrogen-bond donors (Lipinski definition) is 1. The number of likely N-dealkylation sites (N-methyl/N-ethyl adjacent to an activating group) is 1. The molecule has 1 unspecified atom stereocenters. The van der Waals surface area contributed by atoms with Crippen LogP contribution in [0.1, 0.15) is 22.3 Å². The van der Waals surface area contributed by atoms with Gasteiger partial charge < -0.3 is 10.2 Å². The predicted octanol–water partition coefficient (Wildman–Crippen LogP) is 4.17. The molecule has 0 saturated carbocycles. The highest BCUT2D eigenvalue weighted by molar-refractivity contribution is 7.92. The maximum atomic E-state index is 13.8. The summed E-state index contributed by atoms with van der Waals surface area (Å²) < 4.78 is 66.1. The highest BCUT2D eigenvalue weighted by atomic mass is 32.2. The second-order valence-electron chi connectivity index (χ2n) is 9.15. The van der Waals surface area contributed by atoms with Crippen LogP contribution in [0.5, 0.6) is 0 Å². The summed E-state index contributed by atoms with van der Waals surface area (Å²) in [5, 5.41) is 2.57. The zero-order valence-corrected chi connectivity index (χ0v) is 22.6. The summed E-state index contributed by atoms with van der Waals surface area (Å²) in [5.74, 6) is -1.21. The van der Waals surface area contributed by atoms with E-state index >= 15 is 0 Å². The molecule has 0 saturated heterocycles. The number of aryl methyl sites for hydroxylation is 1. The fourth-order valence-corrected chi connectivity index (χ4v) is 5.02. The molecule has 11 heteroatoms. The molecule has 3 rings (SSSR count). The average molecular weight is 562 g/mol. The predicted molar refractivity (Wildman–Crippen MR) is 143 cm³/mol. The summed E-state index contributed by atoms with van der Waals surface area (Å²) in [6.45, 7) is 1.05. The first-order chi connectivity index (χ1) is 18.3. The lowest BCUT2D eigenvalue weighted by atomic mass is 10.0. The molecule has 0 fully saturated rings. The minimum atomic E-state index is -4.71. The Morgan fingerprint density at radius 1 is 0.923 bits per heavy atom. The number of carbonyl (C=O) groups is 2. The lowest BCUT2D eigenvalue weighted by molar-refractivity contribution is -0.139. The third-order valence-corrected chi connectivity index (χ3v) is 7.23. The molecule has 1 N–H and O–H groups in total. The number of rotatable bonds is 10. The third kappa shape index (κ3) is 8.06. The van der Waals surface area contributed by atoms with Crippen LogP contribution in [0.4, 0.5) is 18.9 Å². The quantitative estimate of drug-likeness (QED) is 0.403. The van der Waals surface area contributed by atoms with Crippen molar-refractivity contribution in [1.29, 1.82) is 0 Å². The smallest absolute Gasteiger partial charge is 0.357 e. The number of nitrogens with one attached hydrogen (secondary N) is 1. The number of hydrogen-bond acceptors (Lipinski definition) is 4. The number of nitrogens with zero attached hydrogens (tertiary/aromatic N) is 2. The first-order valence-electron chi connectivity index (χ1n) is 12.0. The van der Waals surface area contributed by atoms with Gasteiger partial charge in [-0.2, -0.15) is 13.2 Å². The van der Waals surface area contributed by atoms with Crippen LogP contribution >= 0.6 is 0 Å². The molecule has 3 aromatic carbocycles. The van der Waals surface area contributed by atoms with Gasteiger partial charge >= 0.3 is 6.18 Å². The summed E-state index contributed by atoms with van der Waals surface area (Å²) in [6.07, 6.45) is -3.76. The standard InChI is InChI=1S/C28H30F3N3O4S/c1-20-9-7-12-22(15-20)18-33(25(27(36)32-2)16-21-10-5-4-6-11-21)26(35)19-34(39(3,37)38)24-14-8-13-23(17-24)28(29,30)31/h4-15,17,25H,16,18-19H2,1-3H3,(H,32,36). The number of amides is 2. The van der Waals surface area contributed by atoms with Crippen LogP contribution in [0, 0.1) is 6.92 Å². The van der Waals surface area contributed by atoms with Crippen LogP contribution in [0.2, 0.25) is 0 Å². The number of sulfonamides is 1. The Morgan fingerprint density at radius 3 is 2.15 bits per heavy atom. The fraction of sp³-hybridized carbons (Fsp3) is 0.286. The van der Waals surface area contributed by atoms with Crippen molar-refractivity contribution in [3.8, 4) is 0 Å². The van der Waals surface area contributed by atoms with E-state index in [1.54, 1.807) is 36.4 Å². The molecule has 39 heavy (non-hydrogen) atoms. The summed E-state index contributed by atoms with van der Waals surface area (Å²) in [4.78, 5) is 28.1. The number of anilines is 1. The normalized spacial score (nSPS) is 12.5. The van der Waals surface area contributed by atoms with Crippen molar-refractivity contribution in [3.05, 3.63) is 101 Å². The van der Waals surface area contributed by atoms with E-state index in [-0.39, 0.29) is 18.7 Å². The van der Waals surface area contributed by atoms with Crippen LogP contribution in [0.3, 0.4) is 0 Å². The first-order valence-corrected chi connectivity index (χ1v) is 13.9. The van der Waals surface area contributed by atoms with Crippen molar-refractivity contribution in [2.24, 2.45) is 0 Å². The molecule has 0 aliphatic rings. The van der Waals surface area contributed by atoms with Crippen molar-refractivity contribution in [1.82, 2.24) is 10.2 Å². The molecular formula is C28H30F3N3O4S. The van der Waals surface area contributed by atoms with Gasteiger partial charge in [0.2, 0.25) is 21.8 Å². The molecule has 7 nitrogen and oxygen atoms in total. The van der Waals surface area contributed by atoms with E-state index in [1.807, 2.05) is 25.1 Å². The summed E-state index contributed by atoms with van der Waals surface area (Å²) >= 11 is 0. The Kier molecular flexibility index (Phi) is 9.39. The molecule has 0 spiro atoms. The van der Waals surface area contributed by atoms with E-state index in [9.17, 15) is 31.2 Å². The van der Waals surface area contributed by atoms with Crippen molar-refractivity contribution in [3.63, 3.8) is 0 Å². The molecule has 0 bridgehead atoms. The second-order valence-corrected chi connectivity index (χ2v) is 11.1. The molecule has 2 amide bonds. The van der Waals surface area contributed by atoms with Crippen LogP contribution in [-0.2, 0) is 38.8 Å². The number of benzene rings is 3. The van der Waals surface area contributed by atoms with Crippen molar-refractivity contribution in [2.45, 2.75) is 32.1 Å². The van der Waals surface area contributed by atoms with Gasteiger partial charge in [0.25, 0.3) is 0 Å². The average Bonchev–Trinajstić information content (AvgIpc) is 2.88. The highest BCUT2D eigenvalue weighted by Crippen LogP contribution is 2.32. The largest absolute Gasteiger partial charge is 0.416 e. The Balaban J connectivity index is 2.05. The third-order valence-electron chi connectivity index (χ3n) is 6.09. The van der Waals surface area contributed by atoms with E-state index in [0.29, 0.717) is 15.9 Å². The zero-order valence-electron chi connectivity index (χ0n) is 21.8. The van der Waals surface area contributed by atoms with Gasteiger partial charge in [-0.1, -0.05) is 66.2 Å². The van der Waals surface area contributed by atoms with E-state index in [1.165, 1.54) is 18.0 Å². The molecule has 0 heterocycles. The maximum absolute atomic E-state index is 13.8. The highest BCUT2D eigenvalue weighted by Gasteiger charge is 2.34. The Bertz CT molecular complexity index is 1410. The van der Waals surface area contributed by atoms with E-state index in [2.05, 4.69) is 5.32 Å². The fourth-order valence-electron chi connectivity index (χ4n) is 4.18. The topological polar surface area (TPSA) is 86.8 Å². The summed E-state index contributed by atoms with van der Waals surface area (Å²) in [7, 11) is -2.75. The molecule has 3 aromatic rings. The Labute approximate surface area is 226 Å². The number of halogens is 3. The number of carbonyl (C=O) groups excluding carboxylic acids is 2. The van der Waals surface area contributed by atoms with Crippen LogP contribution < -0.4 is 9.62 Å². The van der Waals surface area contributed by atoms with Gasteiger partial charge in [-0.25, -0.2) is 8.42 Å². The van der Waals surface area contributed by atoms with Crippen molar-refractivity contribution in [2.75, 3.05) is 24.2 Å². The van der Waals surface area contributed by atoms with Gasteiger partial charge in [0.1, 0.15) is 12.6 Å². The molecular weight excluding hydrogens is 531 g/mol. The molecule has 1 atom stereocenters. The van der Waals surface area contributed by atoms with E-state index in [0.717, 1.165) is 29.5 Å². The Hall–Kier alpha value is -3.86. The van der Waals surface area contributed by atoms with Crippen molar-refractivity contribution < 1.29 is 31.2 Å². The van der Waals surface area contributed by atoms with Gasteiger partial charge in [-0.15, -0.1) is 0 Å². The summed E-state index contributed by atoms with van der Waals surface area (Å²) in [6, 6.07) is 19.0. The van der Waals surface area contributed by atoms with Gasteiger partial charge in [-0.3, -0.25) is 13.9 Å². The zero-order chi connectivity index (χ0) is 28.8. The van der Waals surface area contributed by atoms with Crippen LogP contribution in [-0.4, -0.2) is 51.0 Å². The lowest BCUT2D eigenvalue weighted by Crippen LogP contribution is -2.52. The minimum Gasteiger partial charge on any atom is -0.357 e. The maximum Gasteiger partial charge on any atom is 0.416 e. The molecule has 208 valence electrons. The monoisotopic (exact) mass is 561 g/mol. The SMILES string of the molecule is CNC(=O)C(Cc1ccccc1)N(Cc1cccc(C)c1)C(=O)CN(c1cccc(C(F)(F)F)c1)S(C)(=O)=O. The van der Waals surface area contributed by atoms with Crippen LogP contribution in [0.15, 0.2) is 78.9 Å². The van der Waals surface area contributed by atoms with E-state index in [4.69, 9.17) is 0 Å². The first kappa shape index (κ1) is 29.7. The van der Waals surface area contributed by atoms with Crippen molar-refractivity contribution >= 4 is 27.5 Å². The minimum absolute atomic E-state index is 0.0222. The van der Waals surface area contributed by atoms with Crippen LogP contribution in [0.25, 0.3) is 0 Å². The molecule has 0 aromatic heterocycles. The lowest BCUT2D eigenvalue weighted by Gasteiger charge is -2.33. The molecule has 0 radical (unpaired) electrons. The van der Waals surface area contributed by atoms with E-state index < -0.39 is 46.2 Å².